The number of ether oxygens (including phenoxy) is 1. The summed E-state index contributed by atoms with van der Waals surface area (Å²) in [6.07, 6.45) is 6.02. The van der Waals surface area contributed by atoms with Crippen LogP contribution in [0.3, 0.4) is 0 Å². The van der Waals surface area contributed by atoms with Gasteiger partial charge in [-0.15, -0.1) is 0 Å². The maximum atomic E-state index is 5.73. The monoisotopic (exact) mass is 357 g/mol. The van der Waals surface area contributed by atoms with Crippen LogP contribution in [0.5, 0.6) is 5.75 Å². The number of benzene rings is 1. The van der Waals surface area contributed by atoms with E-state index in [0.717, 1.165) is 50.0 Å². The minimum absolute atomic E-state index is 0.605. The maximum absolute atomic E-state index is 5.73. The summed E-state index contributed by atoms with van der Waals surface area (Å²) in [5.41, 5.74) is 1.24. The van der Waals surface area contributed by atoms with Crippen molar-refractivity contribution in [2.75, 3.05) is 26.2 Å². The fourth-order valence-electron chi connectivity index (χ4n) is 2.54. The van der Waals surface area contributed by atoms with Crippen molar-refractivity contribution in [1.29, 1.82) is 0 Å². The smallest absolute Gasteiger partial charge is 0.191 e. The summed E-state index contributed by atoms with van der Waals surface area (Å²) in [7, 11) is 0. The first-order valence-electron chi connectivity index (χ1n) is 9.38. The molecule has 0 spiro atoms. The lowest BCUT2D eigenvalue weighted by atomic mass is 10.2. The standard InChI is InChI=1S/C20H31N5O/c1-4-21-20(23-11-5-6-14-25-15-12-22-18(25)3)24-13-16-26-19-9-7-17(2)8-10-19/h7-10,12,15H,4-6,11,13-14,16H2,1-3H3,(H2,21,23,24). The van der Waals surface area contributed by atoms with Gasteiger partial charge in [-0.05, 0) is 45.7 Å². The van der Waals surface area contributed by atoms with Crippen molar-refractivity contribution in [3.63, 3.8) is 0 Å². The largest absolute Gasteiger partial charge is 0.492 e. The molecule has 0 atom stereocenters. The Kier molecular flexibility index (Phi) is 8.52. The molecule has 2 aromatic rings. The van der Waals surface area contributed by atoms with Gasteiger partial charge in [-0.3, -0.25) is 4.99 Å². The molecule has 0 unspecified atom stereocenters. The minimum Gasteiger partial charge on any atom is -0.492 e. The molecular weight excluding hydrogens is 326 g/mol. The van der Waals surface area contributed by atoms with Crippen LogP contribution in [0, 0.1) is 13.8 Å². The lowest BCUT2D eigenvalue weighted by Gasteiger charge is -2.12. The molecule has 1 aromatic carbocycles. The van der Waals surface area contributed by atoms with Crippen molar-refractivity contribution in [2.45, 2.75) is 40.2 Å². The lowest BCUT2D eigenvalue weighted by Crippen LogP contribution is -2.39. The Morgan fingerprint density at radius 3 is 2.65 bits per heavy atom. The zero-order chi connectivity index (χ0) is 18.6. The zero-order valence-electron chi connectivity index (χ0n) is 16.2. The number of hydrogen-bond acceptors (Lipinski definition) is 3. The topological polar surface area (TPSA) is 63.5 Å². The summed E-state index contributed by atoms with van der Waals surface area (Å²) in [5, 5.41) is 6.59. The predicted molar refractivity (Wildman–Crippen MR) is 107 cm³/mol. The molecule has 2 rings (SSSR count). The van der Waals surface area contributed by atoms with Crippen LogP contribution in [0.15, 0.2) is 41.7 Å². The molecule has 2 N–H and O–H groups in total. The van der Waals surface area contributed by atoms with Crippen LogP contribution in [0.25, 0.3) is 0 Å². The van der Waals surface area contributed by atoms with Crippen molar-refractivity contribution in [3.05, 3.63) is 48.0 Å². The Morgan fingerprint density at radius 1 is 1.15 bits per heavy atom. The highest BCUT2D eigenvalue weighted by Gasteiger charge is 1.99. The number of nitrogens with zero attached hydrogens (tertiary/aromatic N) is 3. The van der Waals surface area contributed by atoms with E-state index in [-0.39, 0.29) is 0 Å². The third-order valence-corrected chi connectivity index (χ3v) is 4.03. The number of aliphatic imine (C=N–C) groups is 1. The van der Waals surface area contributed by atoms with Gasteiger partial charge in [0.05, 0.1) is 6.54 Å². The van der Waals surface area contributed by atoms with E-state index in [4.69, 9.17) is 4.74 Å². The molecule has 0 aliphatic rings. The van der Waals surface area contributed by atoms with Crippen LogP contribution in [0.4, 0.5) is 0 Å². The number of imidazole rings is 1. The quantitative estimate of drug-likeness (QED) is 0.390. The molecule has 6 heteroatoms. The average molecular weight is 358 g/mol. The fourth-order valence-corrected chi connectivity index (χ4v) is 2.54. The van der Waals surface area contributed by atoms with E-state index in [0.29, 0.717) is 13.2 Å². The second kappa shape index (κ2) is 11.2. The number of unbranched alkanes of at least 4 members (excludes halogenated alkanes) is 1. The van der Waals surface area contributed by atoms with Crippen molar-refractivity contribution in [2.24, 2.45) is 4.99 Å². The van der Waals surface area contributed by atoms with E-state index in [1.165, 1.54) is 5.56 Å². The van der Waals surface area contributed by atoms with E-state index < -0.39 is 0 Å². The highest BCUT2D eigenvalue weighted by molar-refractivity contribution is 5.79. The van der Waals surface area contributed by atoms with Gasteiger partial charge in [-0.25, -0.2) is 4.98 Å². The third-order valence-electron chi connectivity index (χ3n) is 4.03. The molecule has 1 heterocycles. The lowest BCUT2D eigenvalue weighted by molar-refractivity contribution is 0.322. The molecule has 6 nitrogen and oxygen atoms in total. The fraction of sp³-hybridized carbons (Fsp3) is 0.500. The van der Waals surface area contributed by atoms with Gasteiger partial charge in [-0.1, -0.05) is 17.7 Å². The number of aryl methyl sites for hydroxylation is 3. The van der Waals surface area contributed by atoms with Crippen LogP contribution in [0.2, 0.25) is 0 Å². The minimum atomic E-state index is 0.605. The van der Waals surface area contributed by atoms with Gasteiger partial charge in [0.2, 0.25) is 0 Å². The van der Waals surface area contributed by atoms with E-state index >= 15 is 0 Å². The molecule has 1 aromatic heterocycles. The van der Waals surface area contributed by atoms with Crippen molar-refractivity contribution < 1.29 is 4.74 Å². The van der Waals surface area contributed by atoms with Crippen LogP contribution in [0.1, 0.15) is 31.2 Å². The number of hydrogen-bond donors (Lipinski definition) is 2. The highest BCUT2D eigenvalue weighted by atomic mass is 16.5. The van der Waals surface area contributed by atoms with Gasteiger partial charge >= 0.3 is 0 Å². The molecule has 142 valence electrons. The van der Waals surface area contributed by atoms with Gasteiger partial charge in [0, 0.05) is 32.0 Å². The molecule has 0 amide bonds. The summed E-state index contributed by atoms with van der Waals surface area (Å²) in [4.78, 5) is 8.86. The van der Waals surface area contributed by atoms with Gasteiger partial charge in [0.15, 0.2) is 5.96 Å². The predicted octanol–water partition coefficient (Wildman–Crippen LogP) is 2.91. The SMILES string of the molecule is CCNC(=NCCCCn1ccnc1C)NCCOc1ccc(C)cc1. The molecule has 0 saturated heterocycles. The molecule has 0 aliphatic heterocycles. The molecule has 0 saturated carbocycles. The van der Waals surface area contributed by atoms with Crippen LogP contribution >= 0.6 is 0 Å². The van der Waals surface area contributed by atoms with Crippen LogP contribution < -0.4 is 15.4 Å². The highest BCUT2D eigenvalue weighted by Crippen LogP contribution is 2.10. The van der Waals surface area contributed by atoms with Crippen LogP contribution in [-0.4, -0.2) is 41.8 Å². The van der Waals surface area contributed by atoms with Crippen molar-refractivity contribution >= 4 is 5.96 Å². The Labute approximate surface area is 156 Å². The Hall–Kier alpha value is -2.50. The first-order valence-corrected chi connectivity index (χ1v) is 9.38. The Balaban J connectivity index is 1.63. The molecule has 26 heavy (non-hydrogen) atoms. The summed E-state index contributed by atoms with van der Waals surface area (Å²) in [6.45, 7) is 10.1. The second-order valence-electron chi connectivity index (χ2n) is 6.22. The molecular formula is C20H31N5O. The van der Waals surface area contributed by atoms with Gasteiger partial charge < -0.3 is 19.9 Å². The second-order valence-corrected chi connectivity index (χ2v) is 6.22. The molecule has 0 bridgehead atoms. The zero-order valence-corrected chi connectivity index (χ0v) is 16.2. The van der Waals surface area contributed by atoms with E-state index in [2.05, 4.69) is 51.2 Å². The number of rotatable bonds is 10. The van der Waals surface area contributed by atoms with Gasteiger partial charge in [0.25, 0.3) is 0 Å². The Bertz CT molecular complexity index is 663. The van der Waals surface area contributed by atoms with E-state index in [1.54, 1.807) is 0 Å². The first kappa shape index (κ1) is 19.8. The number of aromatic nitrogens is 2. The summed E-state index contributed by atoms with van der Waals surface area (Å²) >= 11 is 0. The van der Waals surface area contributed by atoms with Gasteiger partial charge in [-0.2, -0.15) is 0 Å². The number of nitrogens with one attached hydrogen (secondary N) is 2. The van der Waals surface area contributed by atoms with Gasteiger partial charge in [0.1, 0.15) is 18.2 Å². The van der Waals surface area contributed by atoms with E-state index in [1.807, 2.05) is 31.5 Å². The van der Waals surface area contributed by atoms with Crippen LogP contribution in [-0.2, 0) is 6.54 Å². The number of guanidine groups is 1. The third kappa shape index (κ3) is 7.17. The molecule has 0 fully saturated rings. The molecule has 0 aliphatic carbocycles. The van der Waals surface area contributed by atoms with E-state index in [9.17, 15) is 0 Å². The summed E-state index contributed by atoms with van der Waals surface area (Å²) in [6, 6.07) is 8.10. The summed E-state index contributed by atoms with van der Waals surface area (Å²) < 4.78 is 7.91. The first-order chi connectivity index (χ1) is 12.7. The Morgan fingerprint density at radius 2 is 1.96 bits per heavy atom. The maximum Gasteiger partial charge on any atom is 0.191 e. The van der Waals surface area contributed by atoms with Crippen molar-refractivity contribution in [3.8, 4) is 5.75 Å². The van der Waals surface area contributed by atoms with Crippen molar-refractivity contribution in [1.82, 2.24) is 20.2 Å². The molecule has 0 radical (unpaired) electrons. The average Bonchev–Trinajstić information content (AvgIpc) is 3.04. The summed E-state index contributed by atoms with van der Waals surface area (Å²) in [5.74, 6) is 2.81. The normalized spacial score (nSPS) is 11.4.